The molecule has 2 aromatic heterocycles. The maximum atomic E-state index is 13.8. The van der Waals surface area contributed by atoms with Gasteiger partial charge in [0.2, 0.25) is 0 Å². The Labute approximate surface area is 189 Å². The summed E-state index contributed by atoms with van der Waals surface area (Å²) in [5, 5.41) is 12.6. The Bertz CT molecular complexity index is 1160. The van der Waals surface area contributed by atoms with E-state index in [1.54, 1.807) is 17.7 Å². The summed E-state index contributed by atoms with van der Waals surface area (Å²) >= 11 is 0. The number of nitriles is 1. The molecule has 0 aliphatic carbocycles. The Morgan fingerprint density at radius 3 is 2.91 bits per heavy atom. The highest BCUT2D eigenvalue weighted by molar-refractivity contribution is 5.84. The minimum absolute atomic E-state index is 0.0625. The summed E-state index contributed by atoms with van der Waals surface area (Å²) in [5.41, 5.74) is 0.713. The number of pyridine rings is 1. The molecule has 1 saturated heterocycles. The van der Waals surface area contributed by atoms with Crippen molar-refractivity contribution in [2.75, 3.05) is 26.3 Å². The zero-order valence-corrected chi connectivity index (χ0v) is 18.2. The number of aromatic nitrogens is 3. The number of aryl methyl sites for hydroxylation is 1. The number of fused-ring (bicyclic) bond motifs is 1. The van der Waals surface area contributed by atoms with E-state index in [9.17, 15) is 18.4 Å². The summed E-state index contributed by atoms with van der Waals surface area (Å²) in [6, 6.07) is 7.42. The van der Waals surface area contributed by atoms with E-state index in [2.05, 4.69) is 15.3 Å². The van der Waals surface area contributed by atoms with E-state index in [1.807, 2.05) is 6.07 Å². The van der Waals surface area contributed by atoms with E-state index in [0.717, 1.165) is 32.1 Å². The molecule has 10 heteroatoms. The monoisotopic (exact) mass is 459 g/mol. The molecule has 7 nitrogen and oxygen atoms in total. The van der Waals surface area contributed by atoms with Crippen LogP contribution in [-0.4, -0.2) is 46.9 Å². The normalized spacial score (nSPS) is 16.3. The van der Waals surface area contributed by atoms with E-state index >= 15 is 0 Å². The molecule has 3 aromatic rings. The second-order valence-electron chi connectivity index (χ2n) is 7.94. The Morgan fingerprint density at radius 1 is 1.33 bits per heavy atom. The summed E-state index contributed by atoms with van der Waals surface area (Å²) in [4.78, 5) is 8.36. The van der Waals surface area contributed by atoms with Crippen molar-refractivity contribution in [3.63, 3.8) is 0 Å². The molecule has 1 atom stereocenters. The van der Waals surface area contributed by atoms with Gasteiger partial charge in [0.05, 0.1) is 35.8 Å². The van der Waals surface area contributed by atoms with Crippen LogP contribution in [0.1, 0.15) is 30.5 Å². The maximum Gasteiger partial charge on any atom is 0.419 e. The molecular formula is C23H24F3N5O2. The minimum atomic E-state index is -4.60. The van der Waals surface area contributed by atoms with Gasteiger partial charge in [-0.05, 0) is 50.1 Å². The summed E-state index contributed by atoms with van der Waals surface area (Å²) in [6.45, 7) is 2.31. The van der Waals surface area contributed by atoms with Crippen LogP contribution in [0.4, 0.5) is 13.2 Å². The molecule has 1 aliphatic heterocycles. The third-order valence-corrected chi connectivity index (χ3v) is 5.55. The molecule has 0 amide bonds. The lowest BCUT2D eigenvalue weighted by Gasteiger charge is -2.16. The average Bonchev–Trinajstić information content (AvgIpc) is 3.45. The van der Waals surface area contributed by atoms with Crippen molar-refractivity contribution in [2.24, 2.45) is 7.05 Å². The number of nitrogens with one attached hydrogen (secondary N) is 1. The molecule has 0 radical (unpaired) electrons. The van der Waals surface area contributed by atoms with Gasteiger partial charge in [-0.15, -0.1) is 0 Å². The van der Waals surface area contributed by atoms with Crippen molar-refractivity contribution in [3.8, 4) is 23.1 Å². The van der Waals surface area contributed by atoms with Gasteiger partial charge >= 0.3 is 6.18 Å². The highest BCUT2D eigenvalue weighted by Gasteiger charge is 2.35. The Balaban J connectivity index is 1.48. The van der Waals surface area contributed by atoms with Crippen molar-refractivity contribution < 1.29 is 22.6 Å². The quantitative estimate of drug-likeness (QED) is 0.512. The Hall–Kier alpha value is -3.16. The number of hydrogen-bond acceptors (Lipinski definition) is 6. The summed E-state index contributed by atoms with van der Waals surface area (Å²) < 4.78 is 54.0. The van der Waals surface area contributed by atoms with Gasteiger partial charge in [0, 0.05) is 25.8 Å². The molecule has 0 spiro atoms. The van der Waals surface area contributed by atoms with Crippen LogP contribution in [0.5, 0.6) is 5.75 Å². The van der Waals surface area contributed by atoms with Gasteiger partial charge in [0.15, 0.2) is 5.69 Å². The predicted molar refractivity (Wildman–Crippen MR) is 116 cm³/mol. The third kappa shape index (κ3) is 5.26. The molecule has 33 heavy (non-hydrogen) atoms. The van der Waals surface area contributed by atoms with Crippen molar-refractivity contribution >= 4 is 11.0 Å². The van der Waals surface area contributed by atoms with Gasteiger partial charge in [0.1, 0.15) is 17.3 Å². The first-order valence-corrected chi connectivity index (χ1v) is 10.8. The number of ether oxygens (including phenoxy) is 2. The van der Waals surface area contributed by atoms with Crippen molar-refractivity contribution in [1.29, 1.82) is 5.26 Å². The Kier molecular flexibility index (Phi) is 6.81. The van der Waals surface area contributed by atoms with Crippen LogP contribution < -0.4 is 10.1 Å². The lowest BCUT2D eigenvalue weighted by atomic mass is 10.1. The standard InChI is InChI=1S/C23H24F3N5O2/c1-31-14-29-22-19(12-27)30-18(11-20(22)31)15-5-6-21(17(10-15)23(24,25)26)33-9-3-7-28-13-16-4-2-8-32-16/h5-6,10-11,14,16,28H,2-4,7-9,13H2,1H3. The summed E-state index contributed by atoms with van der Waals surface area (Å²) in [5.74, 6) is -0.229. The van der Waals surface area contributed by atoms with E-state index in [1.165, 1.54) is 18.5 Å². The van der Waals surface area contributed by atoms with Gasteiger partial charge < -0.3 is 19.4 Å². The fraction of sp³-hybridized carbons (Fsp3) is 0.435. The van der Waals surface area contributed by atoms with Crippen LogP contribution in [0.2, 0.25) is 0 Å². The van der Waals surface area contributed by atoms with E-state index < -0.39 is 11.7 Å². The molecule has 1 aromatic carbocycles. The van der Waals surface area contributed by atoms with Crippen molar-refractivity contribution in [1.82, 2.24) is 19.9 Å². The fourth-order valence-electron chi connectivity index (χ4n) is 3.84. The number of rotatable bonds is 8. The molecule has 3 heterocycles. The largest absolute Gasteiger partial charge is 0.493 e. The third-order valence-electron chi connectivity index (χ3n) is 5.55. The summed E-state index contributed by atoms with van der Waals surface area (Å²) in [6.07, 6.45) is -0.187. The van der Waals surface area contributed by atoms with E-state index in [4.69, 9.17) is 9.47 Å². The van der Waals surface area contributed by atoms with E-state index in [-0.39, 0.29) is 35.4 Å². The molecule has 1 aliphatic rings. The number of halogens is 3. The zero-order valence-electron chi connectivity index (χ0n) is 18.2. The lowest BCUT2D eigenvalue weighted by molar-refractivity contribution is -0.138. The smallest absolute Gasteiger partial charge is 0.419 e. The summed E-state index contributed by atoms with van der Waals surface area (Å²) in [7, 11) is 1.74. The Morgan fingerprint density at radius 2 is 2.18 bits per heavy atom. The van der Waals surface area contributed by atoms with Gasteiger partial charge in [-0.2, -0.15) is 18.4 Å². The molecule has 174 valence electrons. The minimum Gasteiger partial charge on any atom is -0.493 e. The van der Waals surface area contributed by atoms with Gasteiger partial charge in [0.25, 0.3) is 0 Å². The second kappa shape index (κ2) is 9.77. The fourth-order valence-corrected chi connectivity index (χ4v) is 3.84. The zero-order chi connectivity index (χ0) is 23.4. The van der Waals surface area contributed by atoms with E-state index in [0.29, 0.717) is 24.0 Å². The molecule has 0 saturated carbocycles. The highest BCUT2D eigenvalue weighted by Crippen LogP contribution is 2.39. The lowest BCUT2D eigenvalue weighted by Crippen LogP contribution is -2.27. The van der Waals surface area contributed by atoms with Crippen molar-refractivity contribution in [3.05, 3.63) is 41.9 Å². The van der Waals surface area contributed by atoms with Crippen molar-refractivity contribution in [2.45, 2.75) is 31.5 Å². The highest BCUT2D eigenvalue weighted by atomic mass is 19.4. The van der Waals surface area contributed by atoms with Crippen LogP contribution in [0.3, 0.4) is 0 Å². The number of nitrogens with zero attached hydrogens (tertiary/aromatic N) is 4. The first kappa shape index (κ1) is 23.0. The number of alkyl halides is 3. The molecular weight excluding hydrogens is 435 g/mol. The van der Waals surface area contributed by atoms with Gasteiger partial charge in [-0.1, -0.05) is 0 Å². The number of imidazole rings is 1. The molecule has 1 N–H and O–H groups in total. The van der Waals surface area contributed by atoms with Crippen LogP contribution in [-0.2, 0) is 18.0 Å². The van der Waals surface area contributed by atoms with Crippen LogP contribution in [0, 0.1) is 11.3 Å². The second-order valence-corrected chi connectivity index (χ2v) is 7.94. The number of hydrogen-bond donors (Lipinski definition) is 1. The molecule has 1 unspecified atom stereocenters. The molecule has 1 fully saturated rings. The molecule has 4 rings (SSSR count). The first-order chi connectivity index (χ1) is 15.9. The van der Waals surface area contributed by atoms with Gasteiger partial charge in [-0.25, -0.2) is 9.97 Å². The maximum absolute atomic E-state index is 13.8. The van der Waals surface area contributed by atoms with Crippen LogP contribution in [0.15, 0.2) is 30.6 Å². The first-order valence-electron chi connectivity index (χ1n) is 10.8. The van der Waals surface area contributed by atoms with Gasteiger partial charge in [-0.3, -0.25) is 0 Å². The molecule has 0 bridgehead atoms. The number of benzene rings is 1. The SMILES string of the molecule is Cn1cnc2c(C#N)nc(-c3ccc(OCCCNCC4CCCO4)c(C(F)(F)F)c3)cc21. The topological polar surface area (TPSA) is 85.0 Å². The average molecular weight is 459 g/mol. The van der Waals surface area contributed by atoms with Crippen LogP contribution in [0.25, 0.3) is 22.3 Å². The predicted octanol–water partition coefficient (Wildman–Crippen LogP) is 4.06. The van der Waals surface area contributed by atoms with Crippen LogP contribution >= 0.6 is 0 Å².